The second-order valence-corrected chi connectivity index (χ2v) is 7.53. The Hall–Kier alpha value is -1.74. The van der Waals surface area contributed by atoms with Gasteiger partial charge in [0.1, 0.15) is 0 Å². The van der Waals surface area contributed by atoms with Crippen LogP contribution in [0.4, 0.5) is 0 Å². The summed E-state index contributed by atoms with van der Waals surface area (Å²) in [4.78, 5) is 0. The quantitative estimate of drug-likeness (QED) is 0.766. The molecule has 23 heavy (non-hydrogen) atoms. The van der Waals surface area contributed by atoms with E-state index in [0.717, 1.165) is 6.54 Å². The number of hydrogen-bond donors (Lipinski definition) is 0. The zero-order valence-corrected chi connectivity index (χ0v) is 14.1. The number of benzene rings is 2. The maximum Gasteiger partial charge on any atom is 0.0932 e. The lowest BCUT2D eigenvalue weighted by Crippen LogP contribution is -2.35. The van der Waals surface area contributed by atoms with Gasteiger partial charge in [-0.1, -0.05) is 73.5 Å². The van der Waals surface area contributed by atoms with Gasteiger partial charge in [0.25, 0.3) is 0 Å². The molecule has 0 bridgehead atoms. The Morgan fingerprint density at radius 1 is 0.870 bits per heavy atom. The van der Waals surface area contributed by atoms with E-state index in [1.165, 1.54) is 42.5 Å². The maximum atomic E-state index is 5.12. The molecule has 0 N–H and O–H groups in total. The molecule has 2 aromatic rings. The first-order valence-corrected chi connectivity index (χ1v) is 9.47. The number of hydrazone groups is 1. The molecule has 2 nitrogen and oxygen atoms in total. The van der Waals surface area contributed by atoms with Crippen molar-refractivity contribution in [2.45, 2.75) is 36.3 Å². The van der Waals surface area contributed by atoms with Crippen LogP contribution in [0.3, 0.4) is 0 Å². The van der Waals surface area contributed by atoms with E-state index in [0.29, 0.717) is 10.6 Å². The topological polar surface area (TPSA) is 15.6 Å². The predicted octanol–water partition coefficient (Wildman–Crippen LogP) is 5.08. The first kappa shape index (κ1) is 14.8. The first-order valence-electron chi connectivity index (χ1n) is 8.53. The number of hydrogen-bond acceptors (Lipinski definition) is 3. The average molecular weight is 322 g/mol. The van der Waals surface area contributed by atoms with Crippen LogP contribution in [0.25, 0.3) is 0 Å². The van der Waals surface area contributed by atoms with E-state index in [1.54, 1.807) is 0 Å². The van der Waals surface area contributed by atoms with Gasteiger partial charge in [0.2, 0.25) is 0 Å². The molecule has 2 unspecified atom stereocenters. The van der Waals surface area contributed by atoms with Crippen molar-refractivity contribution in [3.63, 3.8) is 0 Å². The predicted molar refractivity (Wildman–Crippen MR) is 98.7 cm³/mol. The summed E-state index contributed by atoms with van der Waals surface area (Å²) in [6.45, 7) is 1.09. The van der Waals surface area contributed by atoms with Crippen LogP contribution in [0, 0.1) is 0 Å². The second-order valence-electron chi connectivity index (χ2n) is 6.25. The summed E-state index contributed by atoms with van der Waals surface area (Å²) in [7, 11) is 0. The maximum absolute atomic E-state index is 5.12. The number of fused-ring (bicyclic) bond motifs is 1. The van der Waals surface area contributed by atoms with Crippen molar-refractivity contribution >= 4 is 17.5 Å². The fraction of sp³-hybridized carbons (Fsp3) is 0.350. The van der Waals surface area contributed by atoms with Crippen molar-refractivity contribution in [1.29, 1.82) is 0 Å². The largest absolute Gasteiger partial charge is 0.284 e. The molecule has 2 aliphatic heterocycles. The molecule has 2 atom stereocenters. The standard InChI is InChI=1S/C20H22N2S/c1-4-10-16(11-5-1)19-20(17-12-6-2-7-13-17)23-18-14-8-3-9-15-22(18)21-19/h1-2,4-7,10-13,18,20H,3,8-9,14-15H2. The van der Waals surface area contributed by atoms with E-state index in [4.69, 9.17) is 5.10 Å². The van der Waals surface area contributed by atoms with Crippen molar-refractivity contribution < 1.29 is 0 Å². The molecule has 1 fully saturated rings. The number of nitrogens with zero attached hydrogens (tertiary/aromatic N) is 2. The third-order valence-corrected chi connectivity index (χ3v) is 6.18. The lowest BCUT2D eigenvalue weighted by molar-refractivity contribution is 0.271. The molecule has 2 heterocycles. The van der Waals surface area contributed by atoms with Crippen molar-refractivity contribution in [3.8, 4) is 0 Å². The van der Waals surface area contributed by atoms with E-state index >= 15 is 0 Å². The highest BCUT2D eigenvalue weighted by Gasteiger charge is 2.33. The van der Waals surface area contributed by atoms with Crippen LogP contribution in [0.1, 0.15) is 42.1 Å². The van der Waals surface area contributed by atoms with Crippen LogP contribution in [-0.2, 0) is 0 Å². The summed E-state index contributed by atoms with van der Waals surface area (Å²) >= 11 is 2.08. The minimum absolute atomic E-state index is 0.331. The van der Waals surface area contributed by atoms with Crippen molar-refractivity contribution in [3.05, 3.63) is 71.8 Å². The Morgan fingerprint density at radius 2 is 1.61 bits per heavy atom. The van der Waals surface area contributed by atoms with Gasteiger partial charge in [-0.3, -0.25) is 5.01 Å². The number of thioether (sulfide) groups is 1. The zero-order chi connectivity index (χ0) is 15.5. The van der Waals surface area contributed by atoms with Crippen LogP contribution in [0.5, 0.6) is 0 Å². The highest BCUT2D eigenvalue weighted by Crippen LogP contribution is 2.43. The monoisotopic (exact) mass is 322 g/mol. The Balaban J connectivity index is 1.76. The smallest absolute Gasteiger partial charge is 0.0932 e. The van der Waals surface area contributed by atoms with Crippen LogP contribution < -0.4 is 0 Å². The Morgan fingerprint density at radius 3 is 2.39 bits per heavy atom. The van der Waals surface area contributed by atoms with Gasteiger partial charge in [-0.2, -0.15) is 5.10 Å². The lowest BCUT2D eigenvalue weighted by Gasteiger charge is -2.37. The fourth-order valence-corrected chi connectivity index (χ4v) is 4.95. The zero-order valence-electron chi connectivity index (χ0n) is 13.3. The van der Waals surface area contributed by atoms with Gasteiger partial charge in [-0.15, -0.1) is 11.8 Å². The molecule has 0 amide bonds. The summed E-state index contributed by atoms with van der Waals surface area (Å²) in [6, 6.07) is 21.5. The van der Waals surface area contributed by atoms with Crippen LogP contribution in [0.15, 0.2) is 65.8 Å². The van der Waals surface area contributed by atoms with E-state index in [1.807, 2.05) is 0 Å². The van der Waals surface area contributed by atoms with Crippen molar-refractivity contribution in [2.24, 2.45) is 5.10 Å². The molecule has 0 aliphatic carbocycles. The highest BCUT2D eigenvalue weighted by atomic mass is 32.2. The molecular weight excluding hydrogens is 300 g/mol. The summed E-state index contributed by atoms with van der Waals surface area (Å²) in [5.74, 6) is 0. The normalized spacial score (nSPS) is 24.5. The molecular formula is C20H22N2S. The van der Waals surface area contributed by atoms with Crippen molar-refractivity contribution in [2.75, 3.05) is 6.54 Å². The third kappa shape index (κ3) is 3.16. The van der Waals surface area contributed by atoms with Crippen LogP contribution in [-0.4, -0.2) is 22.6 Å². The molecule has 0 saturated carbocycles. The fourth-order valence-electron chi connectivity index (χ4n) is 3.41. The summed E-state index contributed by atoms with van der Waals surface area (Å²) in [5, 5.41) is 8.32. The number of rotatable bonds is 2. The molecule has 3 heteroatoms. The molecule has 1 saturated heterocycles. The molecule has 2 aliphatic rings. The van der Waals surface area contributed by atoms with E-state index in [-0.39, 0.29) is 0 Å². The van der Waals surface area contributed by atoms with E-state index in [2.05, 4.69) is 77.4 Å². The van der Waals surface area contributed by atoms with E-state index in [9.17, 15) is 0 Å². The van der Waals surface area contributed by atoms with Gasteiger partial charge < -0.3 is 0 Å². The summed E-state index contributed by atoms with van der Waals surface area (Å²) in [6.07, 6.45) is 5.17. The molecule has 2 aromatic carbocycles. The molecule has 0 radical (unpaired) electrons. The lowest BCUT2D eigenvalue weighted by atomic mass is 10.0. The SMILES string of the molecule is c1ccc(C2=NN3CCCCCC3SC2c2ccccc2)cc1. The van der Waals surface area contributed by atoms with Gasteiger partial charge in [0.15, 0.2) is 0 Å². The summed E-state index contributed by atoms with van der Waals surface area (Å²) in [5.41, 5.74) is 3.82. The van der Waals surface area contributed by atoms with Gasteiger partial charge >= 0.3 is 0 Å². The van der Waals surface area contributed by atoms with Gasteiger partial charge in [0, 0.05) is 6.54 Å². The summed E-state index contributed by atoms with van der Waals surface area (Å²) < 4.78 is 0. The van der Waals surface area contributed by atoms with E-state index < -0.39 is 0 Å². The molecule has 0 spiro atoms. The second kappa shape index (κ2) is 6.79. The Bertz CT molecular complexity index is 669. The highest BCUT2D eigenvalue weighted by molar-refractivity contribution is 8.00. The van der Waals surface area contributed by atoms with Gasteiger partial charge in [0.05, 0.1) is 16.3 Å². The minimum Gasteiger partial charge on any atom is -0.284 e. The van der Waals surface area contributed by atoms with Crippen LogP contribution >= 0.6 is 11.8 Å². The Labute approximate surface area is 142 Å². The van der Waals surface area contributed by atoms with Crippen LogP contribution in [0.2, 0.25) is 0 Å². The minimum atomic E-state index is 0.331. The average Bonchev–Trinajstić information content (AvgIpc) is 2.87. The molecule has 0 aromatic heterocycles. The van der Waals surface area contributed by atoms with Gasteiger partial charge in [-0.05, 0) is 24.0 Å². The third-order valence-electron chi connectivity index (χ3n) is 4.62. The molecule has 4 rings (SSSR count). The van der Waals surface area contributed by atoms with Gasteiger partial charge in [-0.25, -0.2) is 0 Å². The molecule has 118 valence electrons. The van der Waals surface area contributed by atoms with Crippen molar-refractivity contribution in [1.82, 2.24) is 5.01 Å². The Kier molecular flexibility index (Phi) is 4.38. The first-order chi connectivity index (χ1) is 11.4.